The van der Waals surface area contributed by atoms with Gasteiger partial charge in [0, 0.05) is 53.0 Å². The monoisotopic (exact) mass is 434 g/mol. The lowest BCUT2D eigenvalue weighted by atomic mass is 10.1. The molecule has 0 radical (unpaired) electrons. The number of ether oxygens (including phenoxy) is 1. The maximum absolute atomic E-state index is 12.9. The summed E-state index contributed by atoms with van der Waals surface area (Å²) >= 11 is 0. The van der Waals surface area contributed by atoms with Crippen LogP contribution in [0.3, 0.4) is 0 Å². The van der Waals surface area contributed by atoms with Crippen molar-refractivity contribution in [2.24, 2.45) is 12.0 Å². The van der Waals surface area contributed by atoms with E-state index < -0.39 is 0 Å². The predicted molar refractivity (Wildman–Crippen MR) is 120 cm³/mol. The third-order valence-corrected chi connectivity index (χ3v) is 6.20. The van der Waals surface area contributed by atoms with Crippen molar-refractivity contribution in [3.05, 3.63) is 11.6 Å². The summed E-state index contributed by atoms with van der Waals surface area (Å²) in [5.74, 6) is 2.85. The van der Waals surface area contributed by atoms with E-state index >= 15 is 0 Å². The molecule has 2 fully saturated rings. The van der Waals surface area contributed by atoms with E-state index in [4.69, 9.17) is 9.73 Å². The minimum atomic E-state index is 0.0514. The largest absolute Gasteiger partial charge is 0.382 e. The van der Waals surface area contributed by atoms with E-state index in [0.717, 1.165) is 89.4 Å². The van der Waals surface area contributed by atoms with E-state index in [1.54, 1.807) is 0 Å². The van der Waals surface area contributed by atoms with Gasteiger partial charge in [0.1, 0.15) is 12.4 Å². The minimum Gasteiger partial charge on any atom is -0.382 e. The smallest absolute Gasteiger partial charge is 0.240 e. The summed E-state index contributed by atoms with van der Waals surface area (Å²) in [6.07, 6.45) is 3.00. The number of hydrogen-bond acceptors (Lipinski definition) is 6. The van der Waals surface area contributed by atoms with Crippen LogP contribution in [0, 0.1) is 6.92 Å². The molecule has 0 spiro atoms. The van der Waals surface area contributed by atoms with Crippen LogP contribution in [0.15, 0.2) is 4.99 Å². The highest BCUT2D eigenvalue weighted by molar-refractivity contribution is 5.83. The van der Waals surface area contributed by atoms with E-state index in [9.17, 15) is 4.79 Å². The van der Waals surface area contributed by atoms with Gasteiger partial charge in [0.15, 0.2) is 11.8 Å². The Kier molecular flexibility index (Phi) is 8.65. The third kappa shape index (κ3) is 6.16. The first-order valence-corrected chi connectivity index (χ1v) is 11.5. The zero-order valence-electron chi connectivity index (χ0n) is 19.5. The number of nitrogens with zero attached hydrogens (tertiary/aromatic N) is 7. The number of carbonyl (C=O) groups excluding carboxylic acids is 1. The van der Waals surface area contributed by atoms with Crippen molar-refractivity contribution >= 4 is 11.9 Å². The minimum absolute atomic E-state index is 0.0514. The Morgan fingerprint density at radius 3 is 2.52 bits per heavy atom. The Balaban J connectivity index is 1.58. The number of nitrogens with one attached hydrogen (secondary N) is 1. The number of piperazine rings is 1. The first-order chi connectivity index (χ1) is 15.0. The molecule has 1 amide bonds. The molecule has 1 aromatic rings. The molecule has 0 aromatic carbocycles. The molecule has 1 atom stereocenters. The number of likely N-dealkylation sites (tertiary alicyclic amines) is 1. The first kappa shape index (κ1) is 23.5. The van der Waals surface area contributed by atoms with Crippen molar-refractivity contribution in [2.75, 3.05) is 59.5 Å². The van der Waals surface area contributed by atoms with Crippen LogP contribution in [0.1, 0.15) is 37.8 Å². The molecular weight excluding hydrogens is 396 g/mol. The van der Waals surface area contributed by atoms with Crippen molar-refractivity contribution < 1.29 is 9.53 Å². The van der Waals surface area contributed by atoms with Gasteiger partial charge >= 0.3 is 0 Å². The van der Waals surface area contributed by atoms with Gasteiger partial charge in [-0.2, -0.15) is 0 Å². The summed E-state index contributed by atoms with van der Waals surface area (Å²) in [4.78, 5) is 24.2. The zero-order chi connectivity index (χ0) is 22.2. The summed E-state index contributed by atoms with van der Waals surface area (Å²) in [5, 5.41) is 11.8. The van der Waals surface area contributed by atoms with Gasteiger partial charge in [-0.05, 0) is 46.7 Å². The molecule has 1 unspecified atom stereocenters. The van der Waals surface area contributed by atoms with Gasteiger partial charge in [-0.1, -0.05) is 0 Å². The van der Waals surface area contributed by atoms with Gasteiger partial charge in [0.25, 0.3) is 0 Å². The first-order valence-electron chi connectivity index (χ1n) is 11.5. The van der Waals surface area contributed by atoms with Crippen molar-refractivity contribution in [3.8, 4) is 0 Å². The maximum Gasteiger partial charge on any atom is 0.240 e. The molecule has 1 N–H and O–H groups in total. The van der Waals surface area contributed by atoms with Crippen molar-refractivity contribution in [2.45, 2.75) is 45.7 Å². The fraction of sp³-hybridized carbons (Fsp3) is 0.810. The van der Waals surface area contributed by atoms with Gasteiger partial charge in [0.2, 0.25) is 5.91 Å². The number of likely N-dealkylation sites (N-methyl/N-ethyl adjacent to an activating group) is 1. The Labute approximate surface area is 185 Å². The molecule has 3 rings (SSSR count). The summed E-state index contributed by atoms with van der Waals surface area (Å²) < 4.78 is 7.41. The molecule has 0 aliphatic carbocycles. The molecule has 10 heteroatoms. The van der Waals surface area contributed by atoms with Gasteiger partial charge in [-0.3, -0.25) is 9.69 Å². The highest BCUT2D eigenvalue weighted by Gasteiger charge is 2.33. The highest BCUT2D eigenvalue weighted by Crippen LogP contribution is 2.18. The summed E-state index contributed by atoms with van der Waals surface area (Å²) in [7, 11) is 4.01. The van der Waals surface area contributed by atoms with E-state index in [-0.39, 0.29) is 11.9 Å². The number of carbonyl (C=O) groups is 1. The third-order valence-electron chi connectivity index (χ3n) is 6.20. The number of rotatable bonds is 8. The summed E-state index contributed by atoms with van der Waals surface area (Å²) in [5.41, 5.74) is 0. The van der Waals surface area contributed by atoms with E-state index in [2.05, 4.69) is 32.4 Å². The van der Waals surface area contributed by atoms with Crippen molar-refractivity contribution in [1.82, 2.24) is 34.8 Å². The SMILES string of the molecule is CCOCCCNC(=NCc1nnc(C)n1C)N1CCN(C(=O)C2CCCN2C)CC1. The lowest BCUT2D eigenvalue weighted by molar-refractivity contribution is -0.136. The van der Waals surface area contributed by atoms with E-state index in [1.165, 1.54) is 0 Å². The maximum atomic E-state index is 12.9. The molecule has 2 saturated heterocycles. The molecule has 2 aliphatic rings. The van der Waals surface area contributed by atoms with Gasteiger partial charge in [-0.25, -0.2) is 4.99 Å². The molecule has 174 valence electrons. The second-order valence-corrected chi connectivity index (χ2v) is 8.29. The fourth-order valence-corrected chi connectivity index (χ4v) is 4.09. The van der Waals surface area contributed by atoms with Crippen LogP contribution >= 0.6 is 0 Å². The topological polar surface area (TPSA) is 91.1 Å². The van der Waals surface area contributed by atoms with Gasteiger partial charge in [-0.15, -0.1) is 10.2 Å². The molecule has 10 nitrogen and oxygen atoms in total. The van der Waals surface area contributed by atoms with Crippen molar-refractivity contribution in [3.63, 3.8) is 0 Å². The van der Waals surface area contributed by atoms with Gasteiger partial charge < -0.3 is 24.4 Å². The van der Waals surface area contributed by atoms with Crippen LogP contribution in [0.25, 0.3) is 0 Å². The Morgan fingerprint density at radius 2 is 1.90 bits per heavy atom. The number of hydrogen-bond donors (Lipinski definition) is 1. The molecule has 0 saturated carbocycles. The lowest BCUT2D eigenvalue weighted by Gasteiger charge is -2.38. The van der Waals surface area contributed by atoms with Crippen LogP contribution in [0.4, 0.5) is 0 Å². The Morgan fingerprint density at radius 1 is 1.16 bits per heavy atom. The van der Waals surface area contributed by atoms with E-state index in [0.29, 0.717) is 6.54 Å². The standard InChI is InChI=1S/C21H38N8O2/c1-5-31-15-7-9-22-21(23-16-19-25-24-17(2)27(19)4)29-13-11-28(12-14-29)20(30)18-8-6-10-26(18)3/h18H,5-16H2,1-4H3,(H,22,23). The number of aryl methyl sites for hydroxylation is 1. The zero-order valence-corrected chi connectivity index (χ0v) is 19.5. The van der Waals surface area contributed by atoms with E-state index in [1.807, 2.05) is 30.4 Å². The number of amides is 1. The average Bonchev–Trinajstić information content (AvgIpc) is 3.35. The average molecular weight is 435 g/mol. The predicted octanol–water partition coefficient (Wildman–Crippen LogP) is 0.234. The molecule has 2 aliphatic heterocycles. The molecular formula is C21H38N8O2. The second-order valence-electron chi connectivity index (χ2n) is 8.29. The molecule has 1 aromatic heterocycles. The van der Waals surface area contributed by atoms with Crippen LogP contribution < -0.4 is 5.32 Å². The quantitative estimate of drug-likeness (QED) is 0.356. The van der Waals surface area contributed by atoms with Crippen LogP contribution in [0.2, 0.25) is 0 Å². The second kappa shape index (κ2) is 11.4. The van der Waals surface area contributed by atoms with Crippen LogP contribution in [0.5, 0.6) is 0 Å². The van der Waals surface area contributed by atoms with Crippen LogP contribution in [-0.2, 0) is 23.1 Å². The molecule has 3 heterocycles. The number of aromatic nitrogens is 3. The lowest BCUT2D eigenvalue weighted by Crippen LogP contribution is -2.56. The Hall–Kier alpha value is -2.20. The molecule has 0 bridgehead atoms. The fourth-order valence-electron chi connectivity index (χ4n) is 4.09. The number of guanidine groups is 1. The Bertz CT molecular complexity index is 742. The molecule has 31 heavy (non-hydrogen) atoms. The highest BCUT2D eigenvalue weighted by atomic mass is 16.5. The van der Waals surface area contributed by atoms with Crippen LogP contribution in [-0.4, -0.2) is 107 Å². The van der Waals surface area contributed by atoms with Gasteiger partial charge in [0.05, 0.1) is 6.04 Å². The normalized spacial score (nSPS) is 20.5. The number of aliphatic imine (C=N–C) groups is 1. The van der Waals surface area contributed by atoms with Crippen molar-refractivity contribution in [1.29, 1.82) is 0 Å². The summed E-state index contributed by atoms with van der Waals surface area (Å²) in [6.45, 7) is 10.7. The summed E-state index contributed by atoms with van der Waals surface area (Å²) in [6, 6.07) is 0.0514.